The monoisotopic (exact) mass is 361 g/mol. The van der Waals surface area contributed by atoms with Crippen LogP contribution in [-0.4, -0.2) is 37.2 Å². The van der Waals surface area contributed by atoms with E-state index in [4.69, 9.17) is 4.74 Å². The molecule has 1 amide bonds. The van der Waals surface area contributed by atoms with Crippen LogP contribution in [0.3, 0.4) is 0 Å². The van der Waals surface area contributed by atoms with Crippen LogP contribution in [0, 0.1) is 0 Å². The van der Waals surface area contributed by atoms with Gasteiger partial charge < -0.3 is 15.0 Å². The molecule has 1 fully saturated rings. The van der Waals surface area contributed by atoms with Crippen LogP contribution in [0.5, 0.6) is 0 Å². The van der Waals surface area contributed by atoms with E-state index < -0.39 is 0 Å². The van der Waals surface area contributed by atoms with Crippen LogP contribution in [0.15, 0.2) is 47.1 Å². The molecule has 0 unspecified atom stereocenters. The van der Waals surface area contributed by atoms with Crippen molar-refractivity contribution >= 4 is 33.3 Å². The van der Waals surface area contributed by atoms with Crippen LogP contribution in [0.2, 0.25) is 0 Å². The van der Waals surface area contributed by atoms with E-state index in [1.54, 1.807) is 12.3 Å². The maximum Gasteiger partial charge on any atom is 0.256 e. The van der Waals surface area contributed by atoms with Gasteiger partial charge in [0.05, 0.1) is 30.7 Å². The van der Waals surface area contributed by atoms with E-state index in [-0.39, 0.29) is 5.91 Å². The third kappa shape index (κ3) is 3.45. The maximum absolute atomic E-state index is 12.2. The number of morpholine rings is 1. The molecule has 0 bridgehead atoms. The van der Waals surface area contributed by atoms with Gasteiger partial charge in [0.2, 0.25) is 0 Å². The van der Waals surface area contributed by atoms with Gasteiger partial charge in [-0.1, -0.05) is 12.1 Å². The smallest absolute Gasteiger partial charge is 0.256 e. The number of amides is 1. The van der Waals surface area contributed by atoms with Gasteiger partial charge in [0.15, 0.2) is 0 Å². The van der Waals surface area contributed by atoms with Crippen LogP contribution >= 0.6 is 15.9 Å². The second kappa shape index (κ2) is 6.89. The van der Waals surface area contributed by atoms with Gasteiger partial charge in [0.25, 0.3) is 5.91 Å². The van der Waals surface area contributed by atoms with E-state index >= 15 is 0 Å². The van der Waals surface area contributed by atoms with Gasteiger partial charge in [-0.15, -0.1) is 0 Å². The van der Waals surface area contributed by atoms with E-state index in [2.05, 4.69) is 31.1 Å². The molecule has 1 aliphatic rings. The van der Waals surface area contributed by atoms with E-state index in [9.17, 15) is 4.79 Å². The van der Waals surface area contributed by atoms with Crippen LogP contribution in [0.4, 0.5) is 11.5 Å². The molecule has 0 spiro atoms. The minimum atomic E-state index is -0.159. The minimum Gasteiger partial charge on any atom is -0.378 e. The molecule has 1 N–H and O–H groups in total. The molecule has 114 valence electrons. The summed E-state index contributed by atoms with van der Waals surface area (Å²) in [6.45, 7) is 3.13. The highest BCUT2D eigenvalue weighted by Gasteiger charge is 2.13. The third-order valence-corrected chi connectivity index (χ3v) is 4.15. The molecule has 1 aromatic heterocycles. The summed E-state index contributed by atoms with van der Waals surface area (Å²) < 4.78 is 6.10. The van der Waals surface area contributed by atoms with Crippen LogP contribution < -0.4 is 10.2 Å². The fraction of sp³-hybridized carbons (Fsp3) is 0.250. The van der Waals surface area contributed by atoms with E-state index in [0.717, 1.165) is 36.6 Å². The van der Waals surface area contributed by atoms with Gasteiger partial charge in [0.1, 0.15) is 5.82 Å². The average Bonchev–Trinajstić information content (AvgIpc) is 2.57. The Morgan fingerprint density at radius 1 is 1.18 bits per heavy atom. The van der Waals surface area contributed by atoms with Crippen molar-refractivity contribution < 1.29 is 9.53 Å². The number of nitrogens with zero attached hydrogens (tertiary/aromatic N) is 2. The largest absolute Gasteiger partial charge is 0.378 e. The summed E-state index contributed by atoms with van der Waals surface area (Å²) in [6.07, 6.45) is 1.68. The molecule has 2 aromatic rings. The lowest BCUT2D eigenvalue weighted by Gasteiger charge is -2.27. The minimum absolute atomic E-state index is 0.159. The Balaban J connectivity index is 1.68. The topological polar surface area (TPSA) is 54.5 Å². The summed E-state index contributed by atoms with van der Waals surface area (Å²) in [5.41, 5.74) is 1.28. The fourth-order valence-corrected chi connectivity index (χ4v) is 2.75. The third-order valence-electron chi connectivity index (χ3n) is 3.46. The molecule has 0 saturated carbocycles. The van der Waals surface area contributed by atoms with Crippen molar-refractivity contribution in [1.82, 2.24) is 4.98 Å². The second-order valence-electron chi connectivity index (χ2n) is 4.94. The van der Waals surface area contributed by atoms with Crippen LogP contribution in [0.25, 0.3) is 0 Å². The molecule has 6 heteroatoms. The Morgan fingerprint density at radius 3 is 2.64 bits per heavy atom. The van der Waals surface area contributed by atoms with E-state index in [1.165, 1.54) is 0 Å². The number of nitrogens with one attached hydrogen (secondary N) is 1. The molecule has 0 aliphatic carbocycles. The highest BCUT2D eigenvalue weighted by Crippen LogP contribution is 2.19. The first kappa shape index (κ1) is 15.0. The van der Waals surface area contributed by atoms with Crippen molar-refractivity contribution in [1.29, 1.82) is 0 Å². The number of halogens is 1. The van der Waals surface area contributed by atoms with Crippen molar-refractivity contribution in [3.63, 3.8) is 0 Å². The first-order valence-electron chi connectivity index (χ1n) is 7.09. The number of rotatable bonds is 3. The zero-order valence-corrected chi connectivity index (χ0v) is 13.5. The van der Waals surface area contributed by atoms with Gasteiger partial charge in [0, 0.05) is 17.6 Å². The Bertz CT molecular complexity index is 655. The Morgan fingerprint density at radius 2 is 1.95 bits per heavy atom. The van der Waals surface area contributed by atoms with Gasteiger partial charge in [-0.2, -0.15) is 0 Å². The zero-order chi connectivity index (χ0) is 15.4. The first-order chi connectivity index (χ1) is 10.7. The summed E-state index contributed by atoms with van der Waals surface area (Å²) >= 11 is 3.38. The van der Waals surface area contributed by atoms with Gasteiger partial charge >= 0.3 is 0 Å². The highest BCUT2D eigenvalue weighted by atomic mass is 79.9. The zero-order valence-electron chi connectivity index (χ0n) is 12.0. The van der Waals surface area contributed by atoms with Crippen molar-refractivity contribution in [3.05, 3.63) is 52.6 Å². The Hall–Kier alpha value is -1.92. The van der Waals surface area contributed by atoms with Crippen molar-refractivity contribution in [2.45, 2.75) is 0 Å². The predicted molar refractivity (Wildman–Crippen MR) is 89.4 cm³/mol. The lowest BCUT2D eigenvalue weighted by Crippen LogP contribution is -2.36. The second-order valence-corrected chi connectivity index (χ2v) is 5.79. The molecule has 22 heavy (non-hydrogen) atoms. The number of carbonyl (C=O) groups excluding carboxylic acids is 1. The number of carbonyl (C=O) groups is 1. The molecule has 0 atom stereocenters. The lowest BCUT2D eigenvalue weighted by molar-refractivity contribution is 0.102. The number of hydrogen-bond acceptors (Lipinski definition) is 4. The quantitative estimate of drug-likeness (QED) is 0.912. The number of anilines is 2. The summed E-state index contributed by atoms with van der Waals surface area (Å²) in [4.78, 5) is 18.8. The summed E-state index contributed by atoms with van der Waals surface area (Å²) in [6, 6.07) is 11.1. The molecule has 2 heterocycles. The van der Waals surface area contributed by atoms with Crippen molar-refractivity contribution in [2.24, 2.45) is 0 Å². The lowest BCUT2D eigenvalue weighted by atomic mass is 10.2. The maximum atomic E-state index is 12.2. The van der Waals surface area contributed by atoms with Crippen molar-refractivity contribution in [3.8, 4) is 0 Å². The number of ether oxygens (including phenoxy) is 1. The number of benzene rings is 1. The van der Waals surface area contributed by atoms with E-state index in [0.29, 0.717) is 11.3 Å². The fourth-order valence-electron chi connectivity index (χ4n) is 2.28. The SMILES string of the molecule is O=C(Nc1ccc(N2CCOCC2)nc1)c1ccccc1Br. The van der Waals surface area contributed by atoms with Gasteiger partial charge in [-0.3, -0.25) is 4.79 Å². The van der Waals surface area contributed by atoms with Gasteiger partial charge in [-0.25, -0.2) is 4.98 Å². The van der Waals surface area contributed by atoms with Crippen LogP contribution in [0.1, 0.15) is 10.4 Å². The summed E-state index contributed by atoms with van der Waals surface area (Å²) in [5, 5.41) is 2.85. The summed E-state index contributed by atoms with van der Waals surface area (Å²) in [5.74, 6) is 0.746. The normalized spacial score (nSPS) is 14.7. The Labute approximate surface area is 137 Å². The molecule has 1 aliphatic heterocycles. The molecule has 5 nitrogen and oxygen atoms in total. The summed E-state index contributed by atoms with van der Waals surface area (Å²) in [7, 11) is 0. The van der Waals surface area contributed by atoms with E-state index in [1.807, 2.05) is 30.3 Å². The Kier molecular flexibility index (Phi) is 4.70. The highest BCUT2D eigenvalue weighted by molar-refractivity contribution is 9.10. The predicted octanol–water partition coefficient (Wildman–Crippen LogP) is 2.93. The average molecular weight is 362 g/mol. The first-order valence-corrected chi connectivity index (χ1v) is 7.88. The molecular weight excluding hydrogens is 346 g/mol. The molecule has 1 aromatic carbocycles. The molecular formula is C16H16BrN3O2. The molecule has 0 radical (unpaired) electrons. The number of pyridine rings is 1. The molecule has 1 saturated heterocycles. The van der Waals surface area contributed by atoms with Crippen LogP contribution in [-0.2, 0) is 4.74 Å². The van der Waals surface area contributed by atoms with Gasteiger partial charge in [-0.05, 0) is 40.2 Å². The standard InChI is InChI=1S/C16H16BrN3O2/c17-14-4-2-1-3-13(14)16(21)19-12-5-6-15(18-11-12)20-7-9-22-10-8-20/h1-6,11H,7-10H2,(H,19,21). The number of hydrogen-bond donors (Lipinski definition) is 1. The number of aromatic nitrogens is 1. The van der Waals surface area contributed by atoms with Crippen molar-refractivity contribution in [2.75, 3.05) is 36.5 Å². The molecule has 3 rings (SSSR count).